The number of rotatable bonds is 9. The molecule has 0 aliphatic carbocycles. The van der Waals surface area contributed by atoms with Gasteiger partial charge in [-0.1, -0.05) is 93.6 Å². The maximum absolute atomic E-state index is 6.23. The van der Waals surface area contributed by atoms with Gasteiger partial charge in [-0.15, -0.1) is 0 Å². The summed E-state index contributed by atoms with van der Waals surface area (Å²) in [6, 6.07) is 32.2. The minimum atomic E-state index is 0.217. The summed E-state index contributed by atoms with van der Waals surface area (Å²) >= 11 is 0. The predicted molar refractivity (Wildman–Crippen MR) is 146 cm³/mol. The van der Waals surface area contributed by atoms with Gasteiger partial charge in [0.1, 0.15) is 11.6 Å². The van der Waals surface area contributed by atoms with Crippen LogP contribution in [0.3, 0.4) is 0 Å². The van der Waals surface area contributed by atoms with Gasteiger partial charge >= 0.3 is 0 Å². The highest BCUT2D eigenvalue weighted by molar-refractivity contribution is 5.88. The highest BCUT2D eigenvalue weighted by atomic mass is 16.5. The fourth-order valence-corrected chi connectivity index (χ4v) is 4.95. The van der Waals surface area contributed by atoms with Crippen LogP contribution in [0.2, 0.25) is 0 Å². The molecule has 0 bridgehead atoms. The molecule has 1 unspecified atom stereocenters. The van der Waals surface area contributed by atoms with E-state index in [4.69, 9.17) is 9.72 Å². The van der Waals surface area contributed by atoms with Crippen molar-refractivity contribution in [2.75, 3.05) is 6.61 Å². The molecule has 5 aromatic rings. The number of hydrogen-bond acceptors (Lipinski definition) is 2. The number of para-hydroxylation sites is 2. The van der Waals surface area contributed by atoms with E-state index in [0.717, 1.165) is 36.5 Å². The number of benzene rings is 4. The van der Waals surface area contributed by atoms with E-state index in [0.29, 0.717) is 12.5 Å². The molecule has 0 saturated heterocycles. The van der Waals surface area contributed by atoms with Crippen molar-refractivity contribution >= 4 is 21.8 Å². The van der Waals surface area contributed by atoms with Crippen molar-refractivity contribution in [2.24, 2.45) is 5.92 Å². The molecule has 0 aliphatic heterocycles. The normalized spacial score (nSPS) is 12.5. The zero-order valence-electron chi connectivity index (χ0n) is 20.9. The number of hydrogen-bond donors (Lipinski definition) is 0. The van der Waals surface area contributed by atoms with Crippen LogP contribution in [0.4, 0.5) is 0 Å². The Balaban J connectivity index is 1.34. The number of aromatic nitrogens is 2. The molecule has 1 atom stereocenters. The Morgan fingerprint density at radius 3 is 2.37 bits per heavy atom. The molecule has 5 rings (SSSR count). The maximum atomic E-state index is 6.23. The highest BCUT2D eigenvalue weighted by Gasteiger charge is 2.18. The first-order valence-corrected chi connectivity index (χ1v) is 12.7. The monoisotopic (exact) mass is 462 g/mol. The summed E-state index contributed by atoms with van der Waals surface area (Å²) in [6.45, 7) is 8.34. The van der Waals surface area contributed by atoms with E-state index in [-0.39, 0.29) is 5.92 Å². The zero-order valence-corrected chi connectivity index (χ0v) is 20.9. The standard InChI is InChI=1S/C32H34N2O/c1-23(2)22-25-16-18-26(19-17-25)24(3)32-33-29-13-6-7-14-30(29)34(32)20-9-21-35-31-15-8-11-27-10-4-5-12-28(27)31/h4-8,10-19,23-24H,9,20-22H2,1-3H3. The molecule has 0 N–H and O–H groups in total. The fraction of sp³-hybridized carbons (Fsp3) is 0.281. The minimum absolute atomic E-state index is 0.217. The molecule has 3 nitrogen and oxygen atoms in total. The van der Waals surface area contributed by atoms with Crippen molar-refractivity contribution in [1.82, 2.24) is 9.55 Å². The van der Waals surface area contributed by atoms with Crippen LogP contribution in [0, 0.1) is 5.92 Å². The molecule has 1 aromatic heterocycles. The third-order valence-electron chi connectivity index (χ3n) is 6.73. The molecule has 3 heteroatoms. The van der Waals surface area contributed by atoms with Crippen LogP contribution in [0.15, 0.2) is 91.0 Å². The largest absolute Gasteiger partial charge is 0.493 e. The number of aryl methyl sites for hydroxylation is 1. The van der Waals surface area contributed by atoms with Crippen LogP contribution in [-0.2, 0) is 13.0 Å². The van der Waals surface area contributed by atoms with Crippen molar-refractivity contribution in [1.29, 1.82) is 0 Å². The molecule has 0 saturated carbocycles. The second-order valence-electron chi connectivity index (χ2n) is 9.85. The molecule has 0 aliphatic rings. The Hall–Kier alpha value is -3.59. The average Bonchev–Trinajstić information content (AvgIpc) is 3.25. The Labute approximate surface area is 208 Å². The number of fused-ring (bicyclic) bond motifs is 2. The lowest BCUT2D eigenvalue weighted by atomic mass is 9.96. The van der Waals surface area contributed by atoms with Gasteiger partial charge in [0.05, 0.1) is 17.6 Å². The summed E-state index contributed by atoms with van der Waals surface area (Å²) in [5, 5.41) is 2.37. The molecule has 0 spiro atoms. The van der Waals surface area contributed by atoms with E-state index in [9.17, 15) is 0 Å². The lowest BCUT2D eigenvalue weighted by molar-refractivity contribution is 0.305. The molecule has 1 heterocycles. The average molecular weight is 463 g/mol. The summed E-state index contributed by atoms with van der Waals surface area (Å²) in [4.78, 5) is 5.06. The van der Waals surface area contributed by atoms with Gasteiger partial charge in [-0.3, -0.25) is 0 Å². The van der Waals surface area contributed by atoms with Crippen molar-refractivity contribution in [3.05, 3.63) is 108 Å². The van der Waals surface area contributed by atoms with Crippen LogP contribution in [-0.4, -0.2) is 16.2 Å². The van der Waals surface area contributed by atoms with E-state index >= 15 is 0 Å². The number of ether oxygens (including phenoxy) is 1. The highest BCUT2D eigenvalue weighted by Crippen LogP contribution is 2.29. The van der Waals surface area contributed by atoms with Gasteiger partial charge in [0, 0.05) is 17.8 Å². The lowest BCUT2D eigenvalue weighted by Crippen LogP contribution is -2.11. The van der Waals surface area contributed by atoms with Crippen molar-refractivity contribution in [3.8, 4) is 5.75 Å². The van der Waals surface area contributed by atoms with E-state index in [1.807, 2.05) is 0 Å². The Morgan fingerprint density at radius 1 is 0.800 bits per heavy atom. The van der Waals surface area contributed by atoms with Crippen LogP contribution in [0.5, 0.6) is 5.75 Å². The van der Waals surface area contributed by atoms with Gasteiger partial charge in [0.15, 0.2) is 0 Å². The van der Waals surface area contributed by atoms with Gasteiger partial charge in [-0.05, 0) is 53.5 Å². The smallest absolute Gasteiger partial charge is 0.127 e. The summed E-state index contributed by atoms with van der Waals surface area (Å²) < 4.78 is 8.61. The Kier molecular flexibility index (Phi) is 6.85. The van der Waals surface area contributed by atoms with Crippen molar-refractivity contribution < 1.29 is 4.74 Å². The number of imidazole rings is 1. The van der Waals surface area contributed by atoms with E-state index in [2.05, 4.69) is 116 Å². The summed E-state index contributed by atoms with van der Waals surface area (Å²) in [7, 11) is 0. The first-order valence-electron chi connectivity index (χ1n) is 12.7. The molecule has 4 aromatic carbocycles. The summed E-state index contributed by atoms with van der Waals surface area (Å²) in [5.41, 5.74) is 4.95. The van der Waals surface area contributed by atoms with E-state index < -0.39 is 0 Å². The van der Waals surface area contributed by atoms with Gasteiger partial charge in [0.2, 0.25) is 0 Å². The predicted octanol–water partition coefficient (Wildman–Crippen LogP) is 8.01. The molecule has 0 radical (unpaired) electrons. The topological polar surface area (TPSA) is 27.1 Å². The SMILES string of the molecule is CC(C)Cc1ccc(C(C)c2nc3ccccc3n2CCCOc2cccc3ccccc23)cc1. The summed E-state index contributed by atoms with van der Waals surface area (Å²) in [5.74, 6) is 2.95. The van der Waals surface area contributed by atoms with Crippen LogP contribution >= 0.6 is 0 Å². The molecule has 35 heavy (non-hydrogen) atoms. The van der Waals surface area contributed by atoms with Gasteiger partial charge < -0.3 is 9.30 Å². The van der Waals surface area contributed by atoms with Crippen molar-refractivity contribution in [3.63, 3.8) is 0 Å². The van der Waals surface area contributed by atoms with Gasteiger partial charge in [0.25, 0.3) is 0 Å². The second-order valence-corrected chi connectivity index (χ2v) is 9.85. The van der Waals surface area contributed by atoms with E-state index in [1.54, 1.807) is 0 Å². The minimum Gasteiger partial charge on any atom is -0.493 e. The molecular formula is C32H34N2O. The van der Waals surface area contributed by atoms with Crippen LogP contribution in [0.1, 0.15) is 50.1 Å². The van der Waals surface area contributed by atoms with Gasteiger partial charge in [-0.2, -0.15) is 0 Å². The first kappa shape index (κ1) is 23.2. The van der Waals surface area contributed by atoms with Crippen molar-refractivity contribution in [2.45, 2.75) is 46.1 Å². The van der Waals surface area contributed by atoms with Crippen LogP contribution < -0.4 is 4.74 Å². The number of nitrogens with zero attached hydrogens (tertiary/aromatic N) is 2. The fourth-order valence-electron chi connectivity index (χ4n) is 4.95. The molecule has 0 fully saturated rings. The van der Waals surface area contributed by atoms with Crippen LogP contribution in [0.25, 0.3) is 21.8 Å². The van der Waals surface area contributed by atoms with Gasteiger partial charge in [-0.25, -0.2) is 4.98 Å². The third kappa shape index (κ3) is 5.09. The Morgan fingerprint density at radius 2 is 1.54 bits per heavy atom. The second kappa shape index (κ2) is 10.4. The zero-order chi connectivity index (χ0) is 24.2. The first-order chi connectivity index (χ1) is 17.1. The molecule has 0 amide bonds. The molecule has 178 valence electrons. The molecular weight excluding hydrogens is 428 g/mol. The lowest BCUT2D eigenvalue weighted by Gasteiger charge is -2.16. The Bertz CT molecular complexity index is 1410. The summed E-state index contributed by atoms with van der Waals surface area (Å²) in [6.07, 6.45) is 2.03. The van der Waals surface area contributed by atoms with E-state index in [1.165, 1.54) is 27.4 Å². The maximum Gasteiger partial charge on any atom is 0.127 e. The third-order valence-corrected chi connectivity index (χ3v) is 6.73. The quantitative estimate of drug-likeness (QED) is 0.207.